The Morgan fingerprint density at radius 2 is 1.77 bits per heavy atom. The van der Waals surface area contributed by atoms with Crippen LogP contribution in [0.4, 0.5) is 4.39 Å². The van der Waals surface area contributed by atoms with Gasteiger partial charge in [0, 0.05) is 49.7 Å². The SMILES string of the molecule is Cc1cc(C(=O)CN2CCC(N(C)S(C)(=O)=O)CC2)c(C)n1Cc1ccc(F)cc1. The first kappa shape index (κ1) is 22.7. The van der Waals surface area contributed by atoms with Crippen LogP contribution in [0.25, 0.3) is 0 Å². The Bertz CT molecular complexity index is 1010. The highest BCUT2D eigenvalue weighted by atomic mass is 32.2. The maximum atomic E-state index is 13.2. The summed E-state index contributed by atoms with van der Waals surface area (Å²) in [6, 6.07) is 8.32. The monoisotopic (exact) mass is 435 g/mol. The summed E-state index contributed by atoms with van der Waals surface area (Å²) in [5.41, 5.74) is 3.60. The molecule has 1 fully saturated rings. The quantitative estimate of drug-likeness (QED) is 0.628. The number of likely N-dealkylation sites (tertiary alicyclic amines) is 1. The number of carbonyl (C=O) groups is 1. The van der Waals surface area contributed by atoms with Gasteiger partial charge < -0.3 is 4.57 Å². The number of carbonyl (C=O) groups excluding carboxylic acids is 1. The molecule has 2 heterocycles. The van der Waals surface area contributed by atoms with Crippen LogP contribution >= 0.6 is 0 Å². The van der Waals surface area contributed by atoms with E-state index in [0.29, 0.717) is 31.7 Å². The molecule has 0 unspecified atom stereocenters. The molecule has 0 bridgehead atoms. The van der Waals surface area contributed by atoms with E-state index in [1.165, 1.54) is 22.7 Å². The summed E-state index contributed by atoms with van der Waals surface area (Å²) in [6.07, 6.45) is 2.67. The number of hydrogen-bond acceptors (Lipinski definition) is 4. The zero-order valence-corrected chi connectivity index (χ0v) is 18.9. The maximum Gasteiger partial charge on any atom is 0.211 e. The maximum absolute atomic E-state index is 13.2. The highest BCUT2D eigenvalue weighted by Crippen LogP contribution is 2.21. The highest BCUT2D eigenvalue weighted by molar-refractivity contribution is 7.88. The average molecular weight is 436 g/mol. The zero-order valence-electron chi connectivity index (χ0n) is 18.1. The van der Waals surface area contributed by atoms with Gasteiger partial charge in [0.2, 0.25) is 10.0 Å². The van der Waals surface area contributed by atoms with Gasteiger partial charge in [-0.2, -0.15) is 0 Å². The molecule has 30 heavy (non-hydrogen) atoms. The van der Waals surface area contributed by atoms with Gasteiger partial charge in [-0.15, -0.1) is 0 Å². The second-order valence-electron chi connectivity index (χ2n) is 8.21. The smallest absolute Gasteiger partial charge is 0.211 e. The first-order valence-electron chi connectivity index (χ1n) is 10.2. The number of aromatic nitrogens is 1. The number of benzene rings is 1. The highest BCUT2D eigenvalue weighted by Gasteiger charge is 2.28. The molecule has 2 aromatic rings. The second-order valence-corrected chi connectivity index (χ2v) is 10.2. The Kier molecular flexibility index (Phi) is 6.79. The lowest BCUT2D eigenvalue weighted by Gasteiger charge is -2.35. The topological polar surface area (TPSA) is 62.6 Å². The molecule has 8 heteroatoms. The van der Waals surface area contributed by atoms with Gasteiger partial charge in [0.15, 0.2) is 5.78 Å². The number of sulfonamides is 1. The van der Waals surface area contributed by atoms with Crippen molar-refractivity contribution in [1.82, 2.24) is 13.8 Å². The fourth-order valence-electron chi connectivity index (χ4n) is 4.10. The molecule has 0 amide bonds. The van der Waals surface area contributed by atoms with Crippen LogP contribution in [-0.4, -0.2) is 67.0 Å². The van der Waals surface area contributed by atoms with Gasteiger partial charge in [0.25, 0.3) is 0 Å². The lowest BCUT2D eigenvalue weighted by molar-refractivity contribution is 0.0890. The van der Waals surface area contributed by atoms with E-state index in [0.717, 1.165) is 29.8 Å². The van der Waals surface area contributed by atoms with Crippen LogP contribution in [0.1, 0.15) is 40.2 Å². The third kappa shape index (κ3) is 5.17. The first-order chi connectivity index (χ1) is 14.1. The fourth-order valence-corrected chi connectivity index (χ4v) is 4.85. The molecule has 6 nitrogen and oxygen atoms in total. The number of Topliss-reactive ketones (excluding diaryl/α,β-unsaturated/α-hetero) is 1. The van der Waals surface area contributed by atoms with E-state index in [1.807, 2.05) is 19.9 Å². The van der Waals surface area contributed by atoms with Crippen molar-refractivity contribution >= 4 is 15.8 Å². The summed E-state index contributed by atoms with van der Waals surface area (Å²) in [7, 11) is -1.58. The van der Waals surface area contributed by atoms with E-state index >= 15 is 0 Å². The molecule has 0 spiro atoms. The number of piperidine rings is 1. The summed E-state index contributed by atoms with van der Waals surface area (Å²) in [4.78, 5) is 15.1. The number of aryl methyl sites for hydroxylation is 1. The number of rotatable bonds is 7. The van der Waals surface area contributed by atoms with E-state index in [9.17, 15) is 17.6 Å². The van der Waals surface area contributed by atoms with Crippen LogP contribution in [0, 0.1) is 19.7 Å². The summed E-state index contributed by atoms with van der Waals surface area (Å²) in [5, 5.41) is 0. The third-order valence-corrected chi connectivity index (χ3v) is 7.43. The Labute approximate surface area is 178 Å². The normalized spacial score (nSPS) is 16.3. The lowest BCUT2D eigenvalue weighted by Crippen LogP contribution is -2.46. The Hall–Kier alpha value is -2.03. The standard InChI is InChI=1S/C22H30FN3O3S/c1-16-13-21(17(2)26(16)14-18-5-7-19(23)8-6-18)22(27)15-25-11-9-20(10-12-25)24(3)30(4,28)29/h5-8,13,20H,9-12,14-15H2,1-4H3. The molecule has 164 valence electrons. The van der Waals surface area contributed by atoms with Crippen LogP contribution in [0.5, 0.6) is 0 Å². The lowest BCUT2D eigenvalue weighted by atomic mass is 10.0. The molecule has 0 radical (unpaired) electrons. The van der Waals surface area contributed by atoms with Crippen molar-refractivity contribution in [3.05, 3.63) is 58.7 Å². The molecular weight excluding hydrogens is 405 g/mol. The van der Waals surface area contributed by atoms with E-state index in [1.54, 1.807) is 19.2 Å². The van der Waals surface area contributed by atoms with Crippen LogP contribution in [-0.2, 0) is 16.6 Å². The second kappa shape index (κ2) is 8.99. The molecule has 1 saturated heterocycles. The van der Waals surface area contributed by atoms with E-state index in [4.69, 9.17) is 0 Å². The summed E-state index contributed by atoms with van der Waals surface area (Å²) >= 11 is 0. The van der Waals surface area contributed by atoms with Crippen LogP contribution in [0.3, 0.4) is 0 Å². The average Bonchev–Trinajstić information content (AvgIpc) is 2.97. The van der Waals surface area contributed by atoms with Crippen molar-refractivity contribution in [2.24, 2.45) is 0 Å². The van der Waals surface area contributed by atoms with Crippen molar-refractivity contribution in [2.75, 3.05) is 32.9 Å². The van der Waals surface area contributed by atoms with Crippen LogP contribution in [0.2, 0.25) is 0 Å². The molecule has 0 saturated carbocycles. The zero-order chi connectivity index (χ0) is 22.1. The predicted octanol–water partition coefficient (Wildman–Crippen LogP) is 2.83. The van der Waals surface area contributed by atoms with Gasteiger partial charge in [-0.05, 0) is 50.5 Å². The summed E-state index contributed by atoms with van der Waals surface area (Å²) in [6.45, 7) is 6.23. The van der Waals surface area contributed by atoms with E-state index in [-0.39, 0.29) is 17.6 Å². The fraction of sp³-hybridized carbons (Fsp3) is 0.500. The third-order valence-electron chi connectivity index (χ3n) is 6.09. The molecule has 0 N–H and O–H groups in total. The molecule has 1 aliphatic heterocycles. The summed E-state index contributed by atoms with van der Waals surface area (Å²) in [5.74, 6) is -0.189. The largest absolute Gasteiger partial charge is 0.344 e. The minimum absolute atomic E-state index is 0.00729. The molecule has 1 aliphatic rings. The van der Waals surface area contributed by atoms with Gasteiger partial charge >= 0.3 is 0 Å². The molecular formula is C22H30FN3O3S. The van der Waals surface area contributed by atoms with Crippen LogP contribution < -0.4 is 0 Å². The minimum Gasteiger partial charge on any atom is -0.344 e. The number of halogens is 1. The van der Waals surface area contributed by atoms with Crippen molar-refractivity contribution in [2.45, 2.75) is 39.3 Å². The molecule has 1 aromatic heterocycles. The van der Waals surface area contributed by atoms with Crippen molar-refractivity contribution in [3.63, 3.8) is 0 Å². The van der Waals surface area contributed by atoms with Crippen LogP contribution in [0.15, 0.2) is 30.3 Å². The first-order valence-corrected chi connectivity index (χ1v) is 12.0. The van der Waals surface area contributed by atoms with Gasteiger partial charge in [0.1, 0.15) is 5.82 Å². The number of hydrogen-bond donors (Lipinski definition) is 0. The number of nitrogens with zero attached hydrogens (tertiary/aromatic N) is 3. The molecule has 1 aromatic carbocycles. The predicted molar refractivity (Wildman–Crippen MR) is 116 cm³/mol. The Balaban J connectivity index is 1.63. The van der Waals surface area contributed by atoms with Crippen molar-refractivity contribution in [1.29, 1.82) is 0 Å². The Morgan fingerprint density at radius 3 is 2.33 bits per heavy atom. The minimum atomic E-state index is -3.20. The van der Waals surface area contributed by atoms with Gasteiger partial charge in [-0.3, -0.25) is 9.69 Å². The molecule has 0 aliphatic carbocycles. The van der Waals surface area contributed by atoms with Gasteiger partial charge in [-0.25, -0.2) is 17.1 Å². The van der Waals surface area contributed by atoms with E-state index in [2.05, 4.69) is 9.47 Å². The Morgan fingerprint density at radius 1 is 1.17 bits per heavy atom. The van der Waals surface area contributed by atoms with Crippen molar-refractivity contribution < 1.29 is 17.6 Å². The molecule has 0 atom stereocenters. The molecule has 3 rings (SSSR count). The van der Waals surface area contributed by atoms with Gasteiger partial charge in [0.05, 0.1) is 12.8 Å². The van der Waals surface area contributed by atoms with E-state index < -0.39 is 10.0 Å². The van der Waals surface area contributed by atoms with Gasteiger partial charge in [-0.1, -0.05) is 12.1 Å². The summed E-state index contributed by atoms with van der Waals surface area (Å²) < 4.78 is 40.1. The van der Waals surface area contributed by atoms with Crippen molar-refractivity contribution in [3.8, 4) is 0 Å². The number of ketones is 1.